The Labute approximate surface area is 343 Å². The van der Waals surface area contributed by atoms with Crippen molar-refractivity contribution >= 4 is 43.8 Å². The van der Waals surface area contributed by atoms with Gasteiger partial charge in [0.2, 0.25) is 0 Å². The predicted octanol–water partition coefficient (Wildman–Crippen LogP) is 11.2. The molecular weight excluding hydrogens is 765 g/mol. The van der Waals surface area contributed by atoms with Crippen LogP contribution in [0.3, 0.4) is 0 Å². The zero-order valence-corrected chi connectivity index (χ0v) is 41.3. The number of carbonyl (C=O) groups is 2. The maximum Gasteiger partial charge on any atom is 0.124 e. The van der Waals surface area contributed by atoms with E-state index in [0.29, 0.717) is 18.2 Å². The van der Waals surface area contributed by atoms with Crippen molar-refractivity contribution in [3.63, 3.8) is 0 Å². The fourth-order valence-electron chi connectivity index (χ4n) is 8.68. The van der Waals surface area contributed by atoms with Crippen LogP contribution in [0.25, 0.3) is 0 Å². The molecular formula is C44H87O7P3S. The molecule has 0 aliphatic heterocycles. The Kier molecular flexibility index (Phi) is 36.5. The second kappa shape index (κ2) is 34.2. The molecule has 1 rings (SSSR count). The molecule has 0 aromatic heterocycles. The molecule has 0 radical (unpaired) electrons. The Morgan fingerprint density at radius 1 is 0.400 bits per heavy atom. The zero-order valence-electron chi connectivity index (χ0n) is 37.8. The van der Waals surface area contributed by atoms with E-state index in [2.05, 4.69) is 83.1 Å². The van der Waals surface area contributed by atoms with E-state index in [-0.39, 0.29) is 0 Å². The van der Waals surface area contributed by atoms with Crippen molar-refractivity contribution in [3.05, 3.63) is 29.3 Å². The van der Waals surface area contributed by atoms with Gasteiger partial charge in [-0.3, -0.25) is 0 Å². The van der Waals surface area contributed by atoms with Crippen LogP contribution in [0, 0.1) is 0 Å². The molecule has 1 aromatic rings. The fourth-order valence-corrected chi connectivity index (χ4v) is 24.6. The number of carboxylic acids is 2. The van der Waals surface area contributed by atoms with Crippen molar-refractivity contribution in [1.82, 2.24) is 0 Å². The molecule has 1 aromatic carbocycles. The first-order valence-electron chi connectivity index (χ1n) is 22.0. The fraction of sp³-hybridized carbons (Fsp3) is 0.818. The van der Waals surface area contributed by atoms with Gasteiger partial charge in [0.25, 0.3) is 0 Å². The highest BCUT2D eigenvalue weighted by atomic mass is 32.2. The Morgan fingerprint density at radius 2 is 0.564 bits per heavy atom. The first-order valence-corrected chi connectivity index (χ1v) is 31.0. The normalized spacial score (nSPS) is 11.7. The monoisotopic (exact) mass is 853 g/mol. The highest BCUT2D eigenvalue weighted by Crippen LogP contribution is 2.62. The summed E-state index contributed by atoms with van der Waals surface area (Å²) >= 11 is 0. The van der Waals surface area contributed by atoms with E-state index >= 15 is 0 Å². The van der Waals surface area contributed by atoms with E-state index in [0.717, 1.165) is 0 Å². The summed E-state index contributed by atoms with van der Waals surface area (Å²) < 4.78 is 31.8. The zero-order chi connectivity index (χ0) is 43.0. The Balaban J connectivity index is -0.000000659. The van der Waals surface area contributed by atoms with E-state index in [9.17, 15) is 32.8 Å². The third-order valence-corrected chi connectivity index (χ3v) is 27.6. The topological polar surface area (TPSA) is 137 Å². The van der Waals surface area contributed by atoms with E-state index in [1.807, 2.05) is 0 Å². The van der Waals surface area contributed by atoms with Gasteiger partial charge >= 0.3 is 0 Å². The second-order valence-corrected chi connectivity index (χ2v) is 30.3. The predicted molar refractivity (Wildman–Crippen MR) is 246 cm³/mol. The summed E-state index contributed by atoms with van der Waals surface area (Å²) in [5.74, 6) is -3.60. The lowest BCUT2D eigenvalue weighted by Crippen LogP contribution is -2.26. The number of aromatic carboxylic acids is 2. The Bertz CT molecular complexity index is 1040. The van der Waals surface area contributed by atoms with E-state index < -0.39 is 59.9 Å². The molecule has 0 aliphatic carbocycles. The lowest BCUT2D eigenvalue weighted by molar-refractivity contribution is -0.255. The molecule has 0 saturated heterocycles. The van der Waals surface area contributed by atoms with Crippen LogP contribution in [-0.4, -0.2) is 98.9 Å². The SMILES string of the molecule is CCC[P+](CCC)(CCC)CCC.CCC[P+](CCC)(CCC)CCC.CCC[P+](CCC)(CCC)CCC.O=C([O-])c1cc(C(=O)[O-])cc(S(=O)(=O)[O-])c1. The Hall–Kier alpha value is -0.640. The minimum Gasteiger partial charge on any atom is -0.744 e. The maximum absolute atomic E-state index is 10.6. The molecule has 7 nitrogen and oxygen atoms in total. The van der Waals surface area contributed by atoms with Gasteiger partial charge in [0.15, 0.2) is 0 Å². The average Bonchev–Trinajstić information content (AvgIpc) is 3.10. The van der Waals surface area contributed by atoms with Gasteiger partial charge in [0.1, 0.15) is 10.1 Å². The molecule has 55 heavy (non-hydrogen) atoms. The van der Waals surface area contributed by atoms with Crippen molar-refractivity contribution < 1.29 is 32.8 Å². The van der Waals surface area contributed by atoms with Crippen LogP contribution < -0.4 is 10.2 Å². The minimum atomic E-state index is -4.95. The van der Waals surface area contributed by atoms with Crippen LogP contribution in [-0.2, 0) is 10.1 Å². The van der Waals surface area contributed by atoms with Crippen molar-refractivity contribution in [2.24, 2.45) is 0 Å². The largest absolute Gasteiger partial charge is 0.744 e. The lowest BCUT2D eigenvalue weighted by Gasteiger charge is -2.26. The maximum atomic E-state index is 10.6. The molecule has 0 bridgehead atoms. The van der Waals surface area contributed by atoms with Gasteiger partial charge in [-0.2, -0.15) is 0 Å². The molecule has 0 aliphatic rings. The number of carboxylic acid groups (broad SMARTS) is 2. The van der Waals surface area contributed by atoms with Crippen LogP contribution in [0.15, 0.2) is 23.1 Å². The van der Waals surface area contributed by atoms with Gasteiger partial charge in [-0.05, 0) is 106 Å². The average molecular weight is 853 g/mol. The third kappa shape index (κ3) is 26.2. The highest BCUT2D eigenvalue weighted by Gasteiger charge is 2.34. The van der Waals surface area contributed by atoms with Gasteiger partial charge in [-0.15, -0.1) is 0 Å². The van der Waals surface area contributed by atoms with Crippen molar-refractivity contribution in [2.75, 3.05) is 73.9 Å². The number of hydrogen-bond acceptors (Lipinski definition) is 7. The summed E-state index contributed by atoms with van der Waals surface area (Å²) in [7, 11) is -6.44. The van der Waals surface area contributed by atoms with E-state index in [1.54, 1.807) is 73.9 Å². The molecule has 0 N–H and O–H groups in total. The van der Waals surface area contributed by atoms with Crippen LogP contribution in [0.1, 0.15) is 181 Å². The second-order valence-electron chi connectivity index (χ2n) is 15.5. The highest BCUT2D eigenvalue weighted by molar-refractivity contribution is 7.85. The first kappa shape index (κ1) is 58.7. The number of rotatable bonds is 27. The van der Waals surface area contributed by atoms with E-state index in [1.165, 1.54) is 77.0 Å². The molecule has 0 heterocycles. The molecule has 326 valence electrons. The van der Waals surface area contributed by atoms with Crippen molar-refractivity contribution in [1.29, 1.82) is 0 Å². The van der Waals surface area contributed by atoms with Crippen LogP contribution in [0.4, 0.5) is 0 Å². The Morgan fingerprint density at radius 3 is 0.673 bits per heavy atom. The quantitative estimate of drug-likeness (QED) is 0.0634. The number of hydrogen-bond donors (Lipinski definition) is 0. The molecule has 0 saturated carbocycles. The van der Waals surface area contributed by atoms with Gasteiger partial charge in [0, 0.05) is 21.8 Å². The van der Waals surface area contributed by atoms with Crippen molar-refractivity contribution in [3.8, 4) is 0 Å². The summed E-state index contributed by atoms with van der Waals surface area (Å²) in [4.78, 5) is 19.9. The molecule has 0 unspecified atom stereocenters. The molecule has 0 atom stereocenters. The van der Waals surface area contributed by atoms with Crippen LogP contribution in [0.2, 0.25) is 0 Å². The standard InChI is InChI=1S/3C12H28P.C8H6O7S/c3*1-5-9-13(10-6-2,11-7-3)12-8-4;9-7(10)4-1-5(8(11)12)3-6(2-4)16(13,14)15/h3*5-12H2,1-4H3;1-3H,(H,9,10)(H,11,12)(H,13,14,15)/q3*+1;/p-3. The first-order chi connectivity index (χ1) is 25.9. The number of carbonyl (C=O) groups excluding carboxylic acids is 2. The van der Waals surface area contributed by atoms with Gasteiger partial charge in [-0.1, -0.05) is 83.1 Å². The number of benzene rings is 1. The van der Waals surface area contributed by atoms with Gasteiger partial charge in [-0.25, -0.2) is 8.42 Å². The molecule has 11 heteroatoms. The molecule has 0 spiro atoms. The minimum absolute atomic E-state index is 0.496. The molecule has 0 fully saturated rings. The van der Waals surface area contributed by atoms with Gasteiger partial charge < -0.3 is 24.4 Å². The summed E-state index contributed by atoms with van der Waals surface area (Å²) in [6.45, 7) is 28.3. The van der Waals surface area contributed by atoms with Gasteiger partial charge in [0.05, 0.1) is 90.8 Å². The van der Waals surface area contributed by atoms with Crippen LogP contribution >= 0.6 is 21.8 Å². The van der Waals surface area contributed by atoms with Crippen molar-refractivity contribution in [2.45, 2.75) is 165 Å². The third-order valence-electron chi connectivity index (χ3n) is 10.0. The summed E-state index contributed by atoms with van der Waals surface area (Å²) in [5.41, 5.74) is -1.45. The summed E-state index contributed by atoms with van der Waals surface area (Å²) in [5, 5.41) is 20.9. The lowest BCUT2D eigenvalue weighted by atomic mass is 10.1. The molecule has 0 amide bonds. The van der Waals surface area contributed by atoms with E-state index in [4.69, 9.17) is 0 Å². The summed E-state index contributed by atoms with van der Waals surface area (Å²) in [6.07, 6.45) is 35.6. The summed E-state index contributed by atoms with van der Waals surface area (Å²) in [6, 6.07) is 1.67. The smallest absolute Gasteiger partial charge is 0.124 e. The van der Waals surface area contributed by atoms with Crippen LogP contribution in [0.5, 0.6) is 0 Å².